The van der Waals surface area contributed by atoms with Crippen molar-refractivity contribution in [3.63, 3.8) is 0 Å². The summed E-state index contributed by atoms with van der Waals surface area (Å²) in [6.45, 7) is 4.75. The highest BCUT2D eigenvalue weighted by atomic mass is 19.4. The smallest absolute Gasteiger partial charge is 0.405 e. The Balaban J connectivity index is 1.28. The molecule has 0 aliphatic carbocycles. The van der Waals surface area contributed by atoms with E-state index in [1.54, 1.807) is 18.2 Å². The molecule has 5 rings (SSSR count). The Hall–Kier alpha value is -3.69. The number of hydrogen-bond donors (Lipinski definition) is 3. The number of carbonyl (C=O) groups excluding carboxylic acids is 2. The lowest BCUT2D eigenvalue weighted by Crippen LogP contribution is -2.49. The van der Waals surface area contributed by atoms with Gasteiger partial charge in [0, 0.05) is 31.9 Å². The van der Waals surface area contributed by atoms with E-state index in [-0.39, 0.29) is 36.1 Å². The molecule has 3 amide bonds. The van der Waals surface area contributed by atoms with Crippen molar-refractivity contribution in [3.8, 4) is 5.75 Å². The van der Waals surface area contributed by atoms with Crippen molar-refractivity contribution >= 4 is 29.3 Å². The molecule has 0 aromatic carbocycles. The minimum Gasteiger partial charge on any atom is -0.491 e. The summed E-state index contributed by atoms with van der Waals surface area (Å²) in [5.74, 6) is -0.562. The molecule has 0 spiro atoms. The first kappa shape index (κ1) is 27.9. The molecule has 2 fully saturated rings. The fraction of sp³-hybridized carbons (Fsp3) is 0.520. The summed E-state index contributed by atoms with van der Waals surface area (Å²) >= 11 is 0. The lowest BCUT2D eigenvalue weighted by atomic mass is 10.1. The largest absolute Gasteiger partial charge is 0.491 e. The summed E-state index contributed by atoms with van der Waals surface area (Å²) in [5, 5.41) is 4.92. The van der Waals surface area contributed by atoms with Crippen LogP contribution in [0.1, 0.15) is 30.8 Å². The number of aromatic nitrogens is 2. The summed E-state index contributed by atoms with van der Waals surface area (Å²) in [5.41, 5.74) is 5.59. The van der Waals surface area contributed by atoms with E-state index in [9.17, 15) is 22.8 Å². The quantitative estimate of drug-likeness (QED) is 0.461. The van der Waals surface area contributed by atoms with Gasteiger partial charge >= 0.3 is 12.2 Å². The zero-order valence-electron chi connectivity index (χ0n) is 21.9. The third-order valence-corrected chi connectivity index (χ3v) is 6.78. The number of ether oxygens (including phenoxy) is 3. The van der Waals surface area contributed by atoms with Crippen LogP contribution in [-0.4, -0.2) is 84.9 Å². The van der Waals surface area contributed by atoms with Gasteiger partial charge in [-0.15, -0.1) is 0 Å². The number of hydrogen-bond acceptors (Lipinski definition) is 9. The minimum absolute atomic E-state index is 0.136. The van der Waals surface area contributed by atoms with Crippen molar-refractivity contribution in [1.29, 1.82) is 0 Å². The van der Waals surface area contributed by atoms with Crippen molar-refractivity contribution in [2.45, 2.75) is 50.4 Å². The van der Waals surface area contributed by atoms with Crippen molar-refractivity contribution in [2.24, 2.45) is 5.73 Å². The lowest BCUT2D eigenvalue weighted by molar-refractivity contribution is -0.146. The van der Waals surface area contributed by atoms with Gasteiger partial charge in [0.25, 0.3) is 5.91 Å². The summed E-state index contributed by atoms with van der Waals surface area (Å²) in [4.78, 5) is 38.1. The second-order valence-corrected chi connectivity index (χ2v) is 10.2. The van der Waals surface area contributed by atoms with Crippen molar-refractivity contribution in [2.75, 3.05) is 48.0 Å². The molecule has 40 heavy (non-hydrogen) atoms. The Morgan fingerprint density at radius 1 is 1.30 bits per heavy atom. The second kappa shape index (κ2) is 10.7. The maximum atomic E-state index is 13.5. The molecule has 3 atom stereocenters. The minimum atomic E-state index is -4.65. The molecular formula is C25H30F3N7O5. The second-order valence-electron chi connectivity index (χ2n) is 10.2. The van der Waals surface area contributed by atoms with Gasteiger partial charge in [-0.25, -0.2) is 14.8 Å². The molecule has 2 bridgehead atoms. The van der Waals surface area contributed by atoms with E-state index < -0.39 is 36.5 Å². The molecule has 2 aromatic heterocycles. The predicted molar refractivity (Wildman–Crippen MR) is 137 cm³/mol. The number of pyridine rings is 2. The molecule has 4 N–H and O–H groups in total. The number of amides is 3. The number of rotatable bonds is 7. The predicted octanol–water partition coefficient (Wildman–Crippen LogP) is 2.26. The molecular weight excluding hydrogens is 535 g/mol. The van der Waals surface area contributed by atoms with Gasteiger partial charge in [-0.2, -0.15) is 13.2 Å². The number of nitrogens with two attached hydrogens (primary N) is 1. The maximum absolute atomic E-state index is 13.5. The number of carbonyl (C=O) groups is 2. The third kappa shape index (κ3) is 6.05. The Labute approximate surface area is 228 Å². The number of nitrogens with one attached hydrogen (secondary N) is 2. The molecule has 2 saturated heterocycles. The number of anilines is 3. The number of fused-ring (bicyclic) bond motifs is 4. The van der Waals surface area contributed by atoms with Crippen LogP contribution >= 0.6 is 0 Å². The zero-order chi connectivity index (χ0) is 28.7. The first-order valence-electron chi connectivity index (χ1n) is 12.8. The zero-order valence-corrected chi connectivity index (χ0v) is 21.9. The summed E-state index contributed by atoms with van der Waals surface area (Å²) in [6.07, 6.45) is -2.72. The molecule has 15 heteroatoms. The van der Waals surface area contributed by atoms with Crippen LogP contribution in [0.25, 0.3) is 0 Å². The number of urea groups is 1. The fourth-order valence-electron chi connectivity index (χ4n) is 4.78. The SMILES string of the molecule is CC1(C)OC[C@H](COc2ccnc(NC(=O)N3c4nc(C(=O)NCC(N)C(F)(F)F)ccc4N4CCC3C4)c2)O1. The topological polar surface area (TPSA) is 144 Å². The van der Waals surface area contributed by atoms with E-state index >= 15 is 0 Å². The molecule has 0 saturated carbocycles. The monoisotopic (exact) mass is 565 g/mol. The van der Waals surface area contributed by atoms with E-state index in [1.807, 2.05) is 18.7 Å². The molecule has 2 aromatic rings. The standard InChI is InChI=1S/C25H30F3N7O5/c1-24(2)39-13-16(40-24)12-38-15-5-7-30-20(9-15)33-23(37)35-14-6-8-34(11-14)18-4-3-17(32-21(18)35)22(36)31-10-19(29)25(26,27)28/h3-5,7,9,14,16,19H,6,8,10-13,29H2,1-2H3,(H,31,36)(H,30,33,37)/t14?,16-,19?/m0/s1. The summed E-state index contributed by atoms with van der Waals surface area (Å²) in [7, 11) is 0. The van der Waals surface area contributed by atoms with E-state index in [0.29, 0.717) is 37.6 Å². The van der Waals surface area contributed by atoms with E-state index in [0.717, 1.165) is 0 Å². The van der Waals surface area contributed by atoms with Crippen LogP contribution in [0.4, 0.5) is 35.3 Å². The van der Waals surface area contributed by atoms with Crippen LogP contribution in [0.2, 0.25) is 0 Å². The Bertz CT molecular complexity index is 1280. The lowest BCUT2D eigenvalue weighted by Gasteiger charge is -2.35. The van der Waals surface area contributed by atoms with Gasteiger partial charge in [0.1, 0.15) is 36.0 Å². The average Bonchev–Trinajstić information content (AvgIpc) is 3.48. The van der Waals surface area contributed by atoms with Crippen LogP contribution in [-0.2, 0) is 9.47 Å². The number of halogens is 3. The number of nitrogens with zero attached hydrogens (tertiary/aromatic N) is 4. The van der Waals surface area contributed by atoms with Gasteiger partial charge in [-0.3, -0.25) is 15.0 Å². The van der Waals surface area contributed by atoms with Gasteiger partial charge in [-0.1, -0.05) is 0 Å². The highest BCUT2D eigenvalue weighted by molar-refractivity contribution is 6.05. The van der Waals surface area contributed by atoms with Gasteiger partial charge in [0.05, 0.1) is 18.3 Å². The molecule has 0 radical (unpaired) electrons. The van der Waals surface area contributed by atoms with Crippen molar-refractivity contribution in [3.05, 3.63) is 36.2 Å². The first-order chi connectivity index (χ1) is 18.9. The molecule has 2 unspecified atom stereocenters. The van der Waals surface area contributed by atoms with Gasteiger partial charge in [0.15, 0.2) is 11.6 Å². The highest BCUT2D eigenvalue weighted by Gasteiger charge is 2.41. The molecule has 5 heterocycles. The van der Waals surface area contributed by atoms with Gasteiger partial charge in [0.2, 0.25) is 0 Å². The van der Waals surface area contributed by atoms with Crippen LogP contribution in [0, 0.1) is 0 Å². The Kier molecular flexibility index (Phi) is 7.46. The van der Waals surface area contributed by atoms with Gasteiger partial charge in [-0.05, 0) is 38.5 Å². The van der Waals surface area contributed by atoms with Crippen LogP contribution in [0.5, 0.6) is 5.75 Å². The Morgan fingerprint density at radius 3 is 2.83 bits per heavy atom. The summed E-state index contributed by atoms with van der Waals surface area (Å²) < 4.78 is 55.3. The first-order valence-corrected chi connectivity index (χ1v) is 12.8. The van der Waals surface area contributed by atoms with E-state index in [4.69, 9.17) is 19.9 Å². The van der Waals surface area contributed by atoms with Crippen LogP contribution in [0.15, 0.2) is 30.5 Å². The van der Waals surface area contributed by atoms with E-state index in [1.165, 1.54) is 17.2 Å². The molecule has 3 aliphatic rings. The molecule has 216 valence electrons. The Morgan fingerprint density at radius 2 is 2.10 bits per heavy atom. The van der Waals surface area contributed by atoms with Crippen molar-refractivity contribution < 1.29 is 37.0 Å². The molecule has 3 aliphatic heterocycles. The maximum Gasteiger partial charge on any atom is 0.405 e. The summed E-state index contributed by atoms with van der Waals surface area (Å²) in [6, 6.07) is 3.31. The van der Waals surface area contributed by atoms with Crippen LogP contribution < -0.4 is 30.9 Å². The normalized spacial score (nSPS) is 22.1. The van der Waals surface area contributed by atoms with Crippen molar-refractivity contribution in [1.82, 2.24) is 15.3 Å². The fourth-order valence-corrected chi connectivity index (χ4v) is 4.78. The highest BCUT2D eigenvalue weighted by Crippen LogP contribution is 2.39. The number of alkyl halides is 3. The van der Waals surface area contributed by atoms with E-state index in [2.05, 4.69) is 20.6 Å². The third-order valence-electron chi connectivity index (χ3n) is 6.78. The molecule has 12 nitrogen and oxygen atoms in total. The average molecular weight is 566 g/mol. The van der Waals surface area contributed by atoms with Crippen LogP contribution in [0.3, 0.4) is 0 Å². The van der Waals surface area contributed by atoms with Gasteiger partial charge < -0.3 is 30.2 Å².